The smallest absolute Gasteiger partial charge is 0.453 e. The van der Waals surface area contributed by atoms with E-state index in [1.807, 2.05) is 6.08 Å². The van der Waals surface area contributed by atoms with Gasteiger partial charge in [0, 0.05) is 24.5 Å². The second-order valence-electron chi connectivity index (χ2n) is 9.60. The maximum Gasteiger partial charge on any atom is 0.453 e. The van der Waals surface area contributed by atoms with Crippen molar-refractivity contribution < 1.29 is 36.2 Å². The molecular formula is C26H21F4N5O4. The third-order valence-corrected chi connectivity index (χ3v) is 7.32. The summed E-state index contributed by atoms with van der Waals surface area (Å²) in [5.74, 6) is -2.79. The number of rotatable bonds is 4. The molecule has 2 aromatic heterocycles. The fourth-order valence-corrected chi connectivity index (χ4v) is 5.73. The average Bonchev–Trinajstić information content (AvgIpc) is 3.69. The Bertz CT molecular complexity index is 1610. The predicted octanol–water partition coefficient (Wildman–Crippen LogP) is 4.79. The van der Waals surface area contributed by atoms with E-state index in [2.05, 4.69) is 20.5 Å². The van der Waals surface area contributed by atoms with Crippen molar-refractivity contribution in [2.75, 3.05) is 13.7 Å². The van der Waals surface area contributed by atoms with Crippen LogP contribution in [0.25, 0.3) is 22.4 Å². The van der Waals surface area contributed by atoms with Gasteiger partial charge in [-0.25, -0.2) is 9.37 Å². The number of tetrazole rings is 1. The number of aromatic nitrogens is 5. The summed E-state index contributed by atoms with van der Waals surface area (Å²) in [6.07, 6.45) is -1.96. The van der Waals surface area contributed by atoms with E-state index < -0.39 is 41.2 Å². The molecule has 1 fully saturated rings. The zero-order valence-corrected chi connectivity index (χ0v) is 20.7. The summed E-state index contributed by atoms with van der Waals surface area (Å²) in [6, 6.07) is 8.78. The fourth-order valence-electron chi connectivity index (χ4n) is 5.73. The highest BCUT2D eigenvalue weighted by molar-refractivity contribution is 5.91. The van der Waals surface area contributed by atoms with Crippen molar-refractivity contribution in [2.24, 2.45) is 5.92 Å². The van der Waals surface area contributed by atoms with E-state index in [-0.39, 0.29) is 17.9 Å². The van der Waals surface area contributed by atoms with Gasteiger partial charge in [-0.1, -0.05) is 12.1 Å². The van der Waals surface area contributed by atoms with Gasteiger partial charge in [0.05, 0.1) is 30.9 Å². The van der Waals surface area contributed by atoms with Crippen molar-refractivity contribution in [1.29, 1.82) is 0 Å². The first-order chi connectivity index (χ1) is 18.6. The lowest BCUT2D eigenvalue weighted by molar-refractivity contribution is -0.147. The van der Waals surface area contributed by atoms with E-state index in [1.165, 1.54) is 31.4 Å². The lowest BCUT2D eigenvalue weighted by Gasteiger charge is -2.31. The van der Waals surface area contributed by atoms with Gasteiger partial charge in [0.2, 0.25) is 0 Å². The monoisotopic (exact) mass is 543 g/mol. The Balaban J connectivity index is 1.49. The molecule has 6 rings (SSSR count). The molecule has 4 aromatic rings. The molecule has 1 unspecified atom stereocenters. The van der Waals surface area contributed by atoms with Crippen LogP contribution in [0.15, 0.2) is 46.9 Å². The lowest BCUT2D eigenvalue weighted by atomic mass is 9.79. The number of oxazole rings is 1. The SMILES string of the molecule is COC(=O)C1CC[C@@]2(C=C(c3cc(-n4nnnc4C(F)(F)F)cc4oc(C)nc34)CO2)[C@@H]1c1ccc(F)cc1. The molecule has 1 saturated carbocycles. The highest BCUT2D eigenvalue weighted by Crippen LogP contribution is 2.54. The minimum absolute atomic E-state index is 0.0294. The Hall–Kier alpha value is -4.13. The highest BCUT2D eigenvalue weighted by Gasteiger charge is 2.54. The minimum Gasteiger partial charge on any atom is -0.469 e. The fraction of sp³-hybridized carbons (Fsp3) is 0.346. The molecule has 0 N–H and O–H groups in total. The Morgan fingerprint density at radius 1 is 1.21 bits per heavy atom. The van der Waals surface area contributed by atoms with Crippen LogP contribution in [0.5, 0.6) is 0 Å². The molecular weight excluding hydrogens is 522 g/mol. The number of hydrogen-bond donors (Lipinski definition) is 0. The van der Waals surface area contributed by atoms with Gasteiger partial charge in [-0.05, 0) is 58.7 Å². The molecule has 2 aromatic carbocycles. The number of fused-ring (bicyclic) bond motifs is 1. The quantitative estimate of drug-likeness (QED) is 0.267. The molecule has 0 radical (unpaired) electrons. The summed E-state index contributed by atoms with van der Waals surface area (Å²) in [5, 5.41) is 9.89. The first-order valence-corrected chi connectivity index (χ1v) is 12.1. The van der Waals surface area contributed by atoms with Gasteiger partial charge in [-0.15, -0.1) is 5.10 Å². The zero-order chi connectivity index (χ0) is 27.5. The van der Waals surface area contributed by atoms with Gasteiger partial charge in [-0.2, -0.15) is 17.9 Å². The van der Waals surface area contributed by atoms with E-state index >= 15 is 0 Å². The lowest BCUT2D eigenvalue weighted by Crippen LogP contribution is -2.34. The number of nitrogens with zero attached hydrogens (tertiary/aromatic N) is 5. The number of benzene rings is 2. The van der Waals surface area contributed by atoms with E-state index in [9.17, 15) is 22.4 Å². The number of methoxy groups -OCH3 is 1. The van der Waals surface area contributed by atoms with Gasteiger partial charge >= 0.3 is 12.1 Å². The number of alkyl halides is 3. The van der Waals surface area contributed by atoms with Crippen molar-refractivity contribution in [1.82, 2.24) is 25.2 Å². The van der Waals surface area contributed by atoms with Crippen molar-refractivity contribution >= 4 is 22.6 Å². The van der Waals surface area contributed by atoms with Crippen LogP contribution in [0.2, 0.25) is 0 Å². The van der Waals surface area contributed by atoms with E-state index in [0.717, 1.165) is 0 Å². The van der Waals surface area contributed by atoms with Crippen molar-refractivity contribution in [3.05, 3.63) is 71.1 Å². The van der Waals surface area contributed by atoms with Crippen LogP contribution in [-0.4, -0.2) is 50.5 Å². The van der Waals surface area contributed by atoms with Crippen LogP contribution < -0.4 is 0 Å². The van der Waals surface area contributed by atoms with Crippen molar-refractivity contribution in [3.63, 3.8) is 0 Å². The van der Waals surface area contributed by atoms with Gasteiger partial charge in [0.25, 0.3) is 5.82 Å². The Morgan fingerprint density at radius 2 is 1.97 bits per heavy atom. The van der Waals surface area contributed by atoms with Crippen LogP contribution in [0, 0.1) is 18.7 Å². The molecule has 1 aliphatic heterocycles. The van der Waals surface area contributed by atoms with Crippen LogP contribution in [0.4, 0.5) is 17.6 Å². The summed E-state index contributed by atoms with van der Waals surface area (Å²) < 4.78 is 72.1. The number of hydrogen-bond acceptors (Lipinski definition) is 8. The molecule has 0 amide bonds. The average molecular weight is 543 g/mol. The van der Waals surface area contributed by atoms with Gasteiger partial charge in [0.1, 0.15) is 11.3 Å². The first kappa shape index (κ1) is 25.2. The largest absolute Gasteiger partial charge is 0.469 e. The number of esters is 1. The minimum atomic E-state index is -4.79. The summed E-state index contributed by atoms with van der Waals surface area (Å²) in [7, 11) is 1.31. The topological polar surface area (TPSA) is 105 Å². The summed E-state index contributed by atoms with van der Waals surface area (Å²) in [5.41, 5.74) is 1.63. The van der Waals surface area contributed by atoms with Crippen LogP contribution in [-0.2, 0) is 20.4 Å². The number of carbonyl (C=O) groups is 1. The maximum absolute atomic E-state index is 13.7. The molecule has 9 nitrogen and oxygen atoms in total. The number of aryl methyl sites for hydroxylation is 1. The van der Waals surface area contributed by atoms with Crippen molar-refractivity contribution in [2.45, 2.75) is 37.5 Å². The number of carbonyl (C=O) groups excluding carboxylic acids is 1. The first-order valence-electron chi connectivity index (χ1n) is 12.1. The molecule has 3 atom stereocenters. The third kappa shape index (κ3) is 4.17. The van der Waals surface area contributed by atoms with Crippen molar-refractivity contribution in [3.8, 4) is 5.69 Å². The zero-order valence-electron chi connectivity index (χ0n) is 20.7. The Morgan fingerprint density at radius 3 is 2.69 bits per heavy atom. The van der Waals surface area contributed by atoms with Crippen LogP contribution in [0.3, 0.4) is 0 Å². The number of halogens is 4. The normalized spacial score (nSPS) is 23.1. The van der Waals surface area contributed by atoms with Gasteiger partial charge in [0.15, 0.2) is 11.5 Å². The molecule has 1 aliphatic carbocycles. The molecule has 1 spiro atoms. The summed E-state index contributed by atoms with van der Waals surface area (Å²) >= 11 is 0. The van der Waals surface area contributed by atoms with E-state index in [1.54, 1.807) is 19.1 Å². The van der Waals surface area contributed by atoms with Crippen LogP contribution >= 0.6 is 0 Å². The summed E-state index contributed by atoms with van der Waals surface area (Å²) in [6.45, 7) is 1.73. The third-order valence-electron chi connectivity index (χ3n) is 7.32. The second-order valence-corrected chi connectivity index (χ2v) is 9.60. The standard InChI is InChI=1S/C26H21F4N5O4/c1-13-31-22-19(9-17(10-20(22)39-13)35-24(26(28,29)30)32-33-34-35)15-11-25(38-12-15)8-7-18(23(36)37-2)21(25)14-3-5-16(27)6-4-14/h3-6,9-11,18,21H,7-8,12H2,1-2H3/t18?,21-,25-/m1/s1. The highest BCUT2D eigenvalue weighted by atomic mass is 19.4. The molecule has 0 saturated heterocycles. The second kappa shape index (κ2) is 8.97. The Labute approximate surface area is 218 Å². The molecule has 3 heterocycles. The molecule has 202 valence electrons. The molecule has 13 heteroatoms. The summed E-state index contributed by atoms with van der Waals surface area (Å²) in [4.78, 5) is 17.2. The Kier molecular flexibility index (Phi) is 5.79. The van der Waals surface area contributed by atoms with Gasteiger partial charge in [-0.3, -0.25) is 4.79 Å². The number of ether oxygens (including phenoxy) is 2. The molecule has 2 aliphatic rings. The maximum atomic E-state index is 13.7. The molecule has 0 bridgehead atoms. The van der Waals surface area contributed by atoms with E-state index in [0.29, 0.717) is 45.6 Å². The van der Waals surface area contributed by atoms with Crippen LogP contribution in [0.1, 0.15) is 41.6 Å². The molecule has 39 heavy (non-hydrogen) atoms. The van der Waals surface area contributed by atoms with E-state index in [4.69, 9.17) is 13.9 Å². The predicted molar refractivity (Wildman–Crippen MR) is 127 cm³/mol. The van der Waals surface area contributed by atoms with Gasteiger partial charge < -0.3 is 13.9 Å².